The first-order valence-corrected chi connectivity index (χ1v) is 7.45. The van der Waals surface area contributed by atoms with Crippen molar-refractivity contribution in [2.45, 2.75) is 38.5 Å². The number of aliphatic carboxylic acids is 1. The van der Waals surface area contributed by atoms with Gasteiger partial charge >= 0.3 is 12.1 Å². The Morgan fingerprint density at radius 2 is 2.14 bits per heavy atom. The highest BCUT2D eigenvalue weighted by molar-refractivity contribution is 5.80. The van der Waals surface area contributed by atoms with Crippen LogP contribution >= 0.6 is 0 Å². The van der Waals surface area contributed by atoms with Crippen LogP contribution in [0.25, 0.3) is 0 Å². The first kappa shape index (κ1) is 16.3. The van der Waals surface area contributed by atoms with E-state index in [0.717, 1.165) is 12.0 Å². The van der Waals surface area contributed by atoms with Crippen LogP contribution in [0, 0.1) is 0 Å². The lowest BCUT2D eigenvalue weighted by Gasteiger charge is -2.30. The molecule has 1 fully saturated rings. The molecule has 6 nitrogen and oxygen atoms in total. The maximum atomic E-state index is 12.2. The van der Waals surface area contributed by atoms with Crippen LogP contribution in [0.4, 0.5) is 4.79 Å². The quantitative estimate of drug-likeness (QED) is 0.872. The van der Waals surface area contributed by atoms with Gasteiger partial charge in [-0.25, -0.2) is 9.59 Å². The molecule has 2 atom stereocenters. The molecule has 0 aromatic heterocycles. The van der Waals surface area contributed by atoms with Gasteiger partial charge in [0.25, 0.3) is 0 Å². The minimum absolute atomic E-state index is 0.119. The average molecular weight is 307 g/mol. The van der Waals surface area contributed by atoms with Crippen LogP contribution in [0.5, 0.6) is 0 Å². The molecule has 0 radical (unpaired) electrons. The number of hydrogen-bond donors (Lipinski definition) is 1. The molecule has 2 rings (SSSR count). The minimum atomic E-state index is -1.06. The summed E-state index contributed by atoms with van der Waals surface area (Å²) < 4.78 is 10.7. The van der Waals surface area contributed by atoms with Gasteiger partial charge in [0, 0.05) is 13.2 Å². The lowest BCUT2D eigenvalue weighted by Crippen LogP contribution is -2.51. The second kappa shape index (κ2) is 7.79. The van der Waals surface area contributed by atoms with Gasteiger partial charge in [-0.15, -0.1) is 0 Å². The molecule has 1 amide bonds. The Balaban J connectivity index is 2.01. The third kappa shape index (κ3) is 3.98. The molecule has 1 aliphatic rings. The molecular formula is C16H21NO5. The smallest absolute Gasteiger partial charge is 0.410 e. The van der Waals surface area contributed by atoms with Gasteiger partial charge in [0.2, 0.25) is 0 Å². The number of carboxylic acids is 1. The van der Waals surface area contributed by atoms with Gasteiger partial charge in [0.15, 0.2) is 6.04 Å². The molecule has 1 aliphatic heterocycles. The maximum absolute atomic E-state index is 12.2. The Kier molecular flexibility index (Phi) is 5.77. The van der Waals surface area contributed by atoms with Crippen LogP contribution in [0.2, 0.25) is 0 Å². The summed E-state index contributed by atoms with van der Waals surface area (Å²) in [6.07, 6.45) is 0.348. The molecule has 0 saturated carbocycles. The summed E-state index contributed by atoms with van der Waals surface area (Å²) in [5, 5.41) is 9.44. The molecular weight excluding hydrogens is 286 g/mol. The standard InChI is InChI=1S/C16H21NO5/c1-2-17(14(15(18)19)13-9-6-10-21-13)16(20)22-11-12-7-4-3-5-8-12/h3-5,7-8,13-14H,2,6,9-11H2,1H3,(H,18,19). The Labute approximate surface area is 129 Å². The van der Waals surface area contributed by atoms with Crippen molar-refractivity contribution < 1.29 is 24.2 Å². The van der Waals surface area contributed by atoms with Gasteiger partial charge in [-0.05, 0) is 25.3 Å². The molecule has 2 unspecified atom stereocenters. The number of benzene rings is 1. The van der Waals surface area contributed by atoms with Crippen molar-refractivity contribution in [3.63, 3.8) is 0 Å². The zero-order chi connectivity index (χ0) is 15.9. The average Bonchev–Trinajstić information content (AvgIpc) is 3.04. The van der Waals surface area contributed by atoms with Gasteiger partial charge in [-0.2, -0.15) is 0 Å². The van der Waals surface area contributed by atoms with Crippen molar-refractivity contribution in [2.75, 3.05) is 13.2 Å². The van der Waals surface area contributed by atoms with Crippen molar-refractivity contribution in [1.29, 1.82) is 0 Å². The second-order valence-corrected chi connectivity index (χ2v) is 5.16. The number of hydrogen-bond acceptors (Lipinski definition) is 4. The lowest BCUT2D eigenvalue weighted by atomic mass is 10.1. The van der Waals surface area contributed by atoms with Crippen LogP contribution in [0.1, 0.15) is 25.3 Å². The van der Waals surface area contributed by atoms with E-state index >= 15 is 0 Å². The zero-order valence-corrected chi connectivity index (χ0v) is 12.6. The van der Waals surface area contributed by atoms with Gasteiger partial charge in [-0.1, -0.05) is 30.3 Å². The van der Waals surface area contributed by atoms with Crippen LogP contribution < -0.4 is 0 Å². The number of carboxylic acid groups (broad SMARTS) is 1. The largest absolute Gasteiger partial charge is 0.480 e. The van der Waals surface area contributed by atoms with Crippen molar-refractivity contribution in [3.05, 3.63) is 35.9 Å². The number of ether oxygens (including phenoxy) is 2. The predicted octanol–water partition coefficient (Wildman–Crippen LogP) is 2.28. The summed E-state index contributed by atoms with van der Waals surface area (Å²) in [4.78, 5) is 25.0. The van der Waals surface area contributed by atoms with E-state index in [1.807, 2.05) is 30.3 Å². The highest BCUT2D eigenvalue weighted by Crippen LogP contribution is 2.21. The first-order chi connectivity index (χ1) is 10.6. The SMILES string of the molecule is CCN(C(=O)OCc1ccccc1)C(C(=O)O)C1CCCO1. The van der Waals surface area contributed by atoms with Crippen molar-refractivity contribution in [3.8, 4) is 0 Å². The summed E-state index contributed by atoms with van der Waals surface area (Å²) in [5.74, 6) is -1.06. The number of nitrogens with zero attached hydrogens (tertiary/aromatic N) is 1. The van der Waals surface area contributed by atoms with E-state index in [-0.39, 0.29) is 13.2 Å². The van der Waals surface area contributed by atoms with Crippen LogP contribution in [-0.2, 0) is 20.9 Å². The minimum Gasteiger partial charge on any atom is -0.480 e. The summed E-state index contributed by atoms with van der Waals surface area (Å²) in [7, 11) is 0. The molecule has 1 saturated heterocycles. The molecule has 0 aliphatic carbocycles. The summed E-state index contributed by atoms with van der Waals surface area (Å²) in [6, 6.07) is 8.27. The first-order valence-electron chi connectivity index (χ1n) is 7.45. The van der Waals surface area contributed by atoms with Gasteiger partial charge in [-0.3, -0.25) is 4.90 Å². The fourth-order valence-corrected chi connectivity index (χ4v) is 2.59. The van der Waals surface area contributed by atoms with E-state index in [9.17, 15) is 14.7 Å². The second-order valence-electron chi connectivity index (χ2n) is 5.16. The molecule has 1 aromatic rings. The van der Waals surface area contributed by atoms with Crippen molar-refractivity contribution in [2.24, 2.45) is 0 Å². The molecule has 0 spiro atoms. The molecule has 120 valence electrons. The molecule has 1 heterocycles. The van der Waals surface area contributed by atoms with Gasteiger partial charge in [0.05, 0.1) is 6.10 Å². The monoisotopic (exact) mass is 307 g/mol. The predicted molar refractivity (Wildman–Crippen MR) is 79.4 cm³/mol. The Bertz CT molecular complexity index is 499. The van der Waals surface area contributed by atoms with Crippen LogP contribution in [0.3, 0.4) is 0 Å². The Morgan fingerprint density at radius 1 is 1.41 bits per heavy atom. The van der Waals surface area contributed by atoms with Gasteiger partial charge < -0.3 is 14.6 Å². The van der Waals surface area contributed by atoms with Crippen LogP contribution in [0.15, 0.2) is 30.3 Å². The molecule has 6 heteroatoms. The number of rotatable bonds is 6. The van der Waals surface area contributed by atoms with E-state index in [1.165, 1.54) is 4.90 Å². The third-order valence-electron chi connectivity index (χ3n) is 3.69. The summed E-state index contributed by atoms with van der Waals surface area (Å²) in [5.41, 5.74) is 0.857. The Morgan fingerprint density at radius 3 is 2.68 bits per heavy atom. The summed E-state index contributed by atoms with van der Waals surface area (Å²) in [6.45, 7) is 2.64. The molecule has 1 aromatic carbocycles. The fourth-order valence-electron chi connectivity index (χ4n) is 2.59. The van der Waals surface area contributed by atoms with E-state index in [1.54, 1.807) is 6.92 Å². The Hall–Kier alpha value is -2.08. The van der Waals surface area contributed by atoms with Gasteiger partial charge in [0.1, 0.15) is 6.61 Å². The normalized spacial score (nSPS) is 18.7. The maximum Gasteiger partial charge on any atom is 0.410 e. The lowest BCUT2D eigenvalue weighted by molar-refractivity contribution is -0.147. The molecule has 22 heavy (non-hydrogen) atoms. The molecule has 1 N–H and O–H groups in total. The van der Waals surface area contributed by atoms with E-state index in [2.05, 4.69) is 0 Å². The van der Waals surface area contributed by atoms with Crippen molar-refractivity contribution in [1.82, 2.24) is 4.90 Å². The highest BCUT2D eigenvalue weighted by Gasteiger charge is 2.38. The third-order valence-corrected chi connectivity index (χ3v) is 3.69. The van der Waals surface area contributed by atoms with E-state index in [4.69, 9.17) is 9.47 Å². The number of carbonyl (C=O) groups is 2. The van der Waals surface area contributed by atoms with Crippen LogP contribution in [-0.4, -0.2) is 47.4 Å². The van der Waals surface area contributed by atoms with E-state index < -0.39 is 24.2 Å². The summed E-state index contributed by atoms with van der Waals surface area (Å²) >= 11 is 0. The fraction of sp³-hybridized carbons (Fsp3) is 0.500. The van der Waals surface area contributed by atoms with E-state index in [0.29, 0.717) is 13.0 Å². The topological polar surface area (TPSA) is 76.1 Å². The number of likely N-dealkylation sites (N-methyl/N-ethyl adjacent to an activating group) is 1. The highest BCUT2D eigenvalue weighted by atomic mass is 16.6. The number of carbonyl (C=O) groups excluding carboxylic acids is 1. The van der Waals surface area contributed by atoms with Crippen molar-refractivity contribution >= 4 is 12.1 Å². The number of amides is 1. The zero-order valence-electron chi connectivity index (χ0n) is 12.6. The molecule has 0 bridgehead atoms.